The summed E-state index contributed by atoms with van der Waals surface area (Å²) in [7, 11) is 1.44. The quantitative estimate of drug-likeness (QED) is 0.301. The molecule has 0 radical (unpaired) electrons. The monoisotopic (exact) mass is 560 g/mol. The lowest BCUT2D eigenvalue weighted by Gasteiger charge is -2.19. The van der Waals surface area contributed by atoms with Crippen LogP contribution in [0.2, 0.25) is 5.02 Å². The molecular formula is C27H24ClF3N4O4. The van der Waals surface area contributed by atoms with E-state index >= 15 is 0 Å². The van der Waals surface area contributed by atoms with E-state index in [9.17, 15) is 27.6 Å². The van der Waals surface area contributed by atoms with E-state index in [4.69, 9.17) is 17.3 Å². The van der Waals surface area contributed by atoms with Gasteiger partial charge in [0.2, 0.25) is 5.91 Å². The number of hydrogen-bond acceptors (Lipinski definition) is 5. The van der Waals surface area contributed by atoms with Crippen LogP contribution in [0.4, 0.5) is 18.9 Å². The number of halogens is 4. The van der Waals surface area contributed by atoms with Crippen LogP contribution in [-0.4, -0.2) is 47.2 Å². The van der Waals surface area contributed by atoms with E-state index in [1.165, 1.54) is 30.1 Å². The topological polar surface area (TPSA) is 107 Å². The van der Waals surface area contributed by atoms with Crippen LogP contribution in [0.3, 0.4) is 0 Å². The number of alkyl halides is 3. The second-order valence-corrected chi connectivity index (χ2v) is 8.37. The van der Waals surface area contributed by atoms with Gasteiger partial charge in [0.05, 0.1) is 22.3 Å². The molecule has 0 aliphatic carbocycles. The number of anilines is 1. The fourth-order valence-electron chi connectivity index (χ4n) is 3.56. The number of pyridine rings is 1. The Kier molecular flexibility index (Phi) is 8.97. The van der Waals surface area contributed by atoms with Crippen molar-refractivity contribution in [3.8, 4) is 11.1 Å². The van der Waals surface area contributed by atoms with Gasteiger partial charge >= 0.3 is 12.1 Å². The fraction of sp³-hybridized carbons (Fsp3) is 0.185. The van der Waals surface area contributed by atoms with Crippen molar-refractivity contribution >= 4 is 40.6 Å². The van der Waals surface area contributed by atoms with Crippen molar-refractivity contribution in [2.45, 2.75) is 20.0 Å². The number of amides is 2. The third-order valence-corrected chi connectivity index (χ3v) is 5.81. The van der Waals surface area contributed by atoms with Crippen LogP contribution in [0.25, 0.3) is 16.6 Å². The van der Waals surface area contributed by atoms with Crippen molar-refractivity contribution in [2.75, 3.05) is 18.6 Å². The molecule has 0 saturated carbocycles. The van der Waals surface area contributed by atoms with Gasteiger partial charge in [-0.2, -0.15) is 18.3 Å². The van der Waals surface area contributed by atoms with E-state index < -0.39 is 30.6 Å². The molecule has 0 aliphatic heterocycles. The van der Waals surface area contributed by atoms with Gasteiger partial charge in [-0.25, -0.2) is 9.31 Å². The van der Waals surface area contributed by atoms with Gasteiger partial charge in [-0.05, 0) is 48.0 Å². The van der Waals surface area contributed by atoms with Crippen molar-refractivity contribution in [1.29, 1.82) is 0 Å². The molecule has 0 fully saturated rings. The van der Waals surface area contributed by atoms with Gasteiger partial charge in [0.1, 0.15) is 0 Å². The zero-order chi connectivity index (χ0) is 28.9. The molecule has 2 heterocycles. The van der Waals surface area contributed by atoms with Gasteiger partial charge in [-0.3, -0.25) is 9.59 Å². The van der Waals surface area contributed by atoms with E-state index in [2.05, 4.69) is 9.84 Å². The van der Waals surface area contributed by atoms with Crippen molar-refractivity contribution in [3.63, 3.8) is 0 Å². The number of fused-ring (bicyclic) bond motifs is 1. The predicted molar refractivity (Wildman–Crippen MR) is 141 cm³/mol. The molecule has 39 heavy (non-hydrogen) atoms. The lowest BCUT2D eigenvalue weighted by molar-refractivity contribution is -0.161. The summed E-state index contributed by atoms with van der Waals surface area (Å²) in [6, 6.07) is 13.7. The number of carbonyl (C=O) groups excluding carboxylic acids is 3. The van der Waals surface area contributed by atoms with Crippen molar-refractivity contribution in [2.24, 2.45) is 5.73 Å². The maximum Gasteiger partial charge on any atom is 0.422 e. The number of nitrogens with zero attached hydrogens (tertiary/aromatic N) is 3. The number of aromatic nitrogens is 2. The minimum Gasteiger partial charge on any atom is -0.452 e. The maximum atomic E-state index is 13.2. The first-order valence-corrected chi connectivity index (χ1v) is 12.0. The highest BCUT2D eigenvalue weighted by Gasteiger charge is 2.30. The highest BCUT2D eigenvalue weighted by Crippen LogP contribution is 2.28. The van der Waals surface area contributed by atoms with Gasteiger partial charge in [-0.1, -0.05) is 37.6 Å². The molecule has 0 unspecified atom stereocenters. The summed E-state index contributed by atoms with van der Waals surface area (Å²) < 4.78 is 43.1. The van der Waals surface area contributed by atoms with Crippen LogP contribution in [0.1, 0.15) is 44.9 Å². The number of esters is 1. The summed E-state index contributed by atoms with van der Waals surface area (Å²) in [5, 5.41) is 4.16. The van der Waals surface area contributed by atoms with Crippen LogP contribution in [0.15, 0.2) is 67.0 Å². The smallest absolute Gasteiger partial charge is 0.422 e. The molecule has 2 N–H and O–H groups in total. The van der Waals surface area contributed by atoms with Crippen LogP contribution in [0, 0.1) is 0 Å². The zero-order valence-corrected chi connectivity index (χ0v) is 21.9. The average Bonchev–Trinajstić information content (AvgIpc) is 3.35. The van der Waals surface area contributed by atoms with E-state index in [-0.39, 0.29) is 21.8 Å². The number of carbonyl (C=O) groups is 3. The first-order chi connectivity index (χ1) is 18.4. The third kappa shape index (κ3) is 6.74. The molecule has 2 aromatic carbocycles. The maximum absolute atomic E-state index is 13.2. The van der Waals surface area contributed by atoms with Crippen LogP contribution in [-0.2, 0) is 4.74 Å². The number of ether oxygens (including phenoxy) is 1. The second kappa shape index (κ2) is 12.0. The molecule has 4 rings (SSSR count). The number of benzene rings is 2. The number of hydrogen-bond donors (Lipinski definition) is 1. The van der Waals surface area contributed by atoms with Gasteiger partial charge in [0, 0.05) is 35.6 Å². The standard InChI is InChI=1S/C25H18ClF3N4O4.C2H6/c1-32(17-6-7-20(26)18(11-17)24(36)37-13-25(27,28)29)23(35)16-8-9-33-21(10-16)19(12-31-33)14-2-4-15(5-3-14)22(30)34;1-2/h2-12H,13H2,1H3,(H2,30,34);1-2H3. The lowest BCUT2D eigenvalue weighted by Crippen LogP contribution is -2.27. The summed E-state index contributed by atoms with van der Waals surface area (Å²) in [5.74, 6) is -2.28. The van der Waals surface area contributed by atoms with Crippen molar-refractivity contribution in [3.05, 3.63) is 88.7 Å². The molecular weight excluding hydrogens is 537 g/mol. The first-order valence-electron chi connectivity index (χ1n) is 11.6. The number of rotatable bonds is 6. The summed E-state index contributed by atoms with van der Waals surface area (Å²) in [6.07, 6.45) is -1.48. The summed E-state index contributed by atoms with van der Waals surface area (Å²) in [6.45, 7) is 2.24. The lowest BCUT2D eigenvalue weighted by atomic mass is 10.0. The Morgan fingerprint density at radius 3 is 2.31 bits per heavy atom. The third-order valence-electron chi connectivity index (χ3n) is 5.48. The highest BCUT2D eigenvalue weighted by atomic mass is 35.5. The summed E-state index contributed by atoms with van der Waals surface area (Å²) >= 11 is 5.98. The molecule has 8 nitrogen and oxygen atoms in total. The molecule has 2 amide bonds. The van der Waals surface area contributed by atoms with Crippen LogP contribution < -0.4 is 10.6 Å². The Hall–Kier alpha value is -4.38. The van der Waals surface area contributed by atoms with Crippen LogP contribution in [0.5, 0.6) is 0 Å². The van der Waals surface area contributed by atoms with Crippen molar-refractivity contribution in [1.82, 2.24) is 9.61 Å². The number of primary amides is 1. The van der Waals surface area contributed by atoms with Crippen LogP contribution >= 0.6 is 11.6 Å². The SMILES string of the molecule is CC.CN(C(=O)c1ccn2ncc(-c3ccc(C(N)=O)cc3)c2c1)c1ccc(Cl)c(C(=O)OCC(F)(F)F)c1. The fourth-order valence-corrected chi connectivity index (χ4v) is 3.76. The molecule has 0 bridgehead atoms. The molecule has 204 valence electrons. The summed E-state index contributed by atoms with van der Waals surface area (Å²) in [4.78, 5) is 37.9. The summed E-state index contributed by atoms with van der Waals surface area (Å²) in [5.41, 5.74) is 7.89. The van der Waals surface area contributed by atoms with Gasteiger partial charge in [0.25, 0.3) is 5.91 Å². The van der Waals surface area contributed by atoms with E-state index in [0.29, 0.717) is 16.6 Å². The van der Waals surface area contributed by atoms with E-state index in [0.717, 1.165) is 5.56 Å². The Bertz CT molecular complexity index is 1520. The normalized spacial score (nSPS) is 10.9. The largest absolute Gasteiger partial charge is 0.452 e. The Morgan fingerprint density at radius 2 is 1.69 bits per heavy atom. The van der Waals surface area contributed by atoms with Gasteiger partial charge in [-0.15, -0.1) is 0 Å². The van der Waals surface area contributed by atoms with Gasteiger partial charge < -0.3 is 15.4 Å². The predicted octanol–water partition coefficient (Wildman–Crippen LogP) is 5.78. The molecule has 0 spiro atoms. The molecule has 4 aromatic rings. The molecule has 0 atom stereocenters. The zero-order valence-electron chi connectivity index (χ0n) is 21.1. The average molecular weight is 561 g/mol. The van der Waals surface area contributed by atoms with E-state index in [1.54, 1.807) is 53.3 Å². The minimum atomic E-state index is -4.69. The van der Waals surface area contributed by atoms with Gasteiger partial charge in [0.15, 0.2) is 6.61 Å². The minimum absolute atomic E-state index is 0.121. The second-order valence-electron chi connectivity index (χ2n) is 7.96. The highest BCUT2D eigenvalue weighted by molar-refractivity contribution is 6.33. The molecule has 0 aliphatic rings. The molecule has 12 heteroatoms. The van der Waals surface area contributed by atoms with E-state index in [1.807, 2.05) is 13.8 Å². The number of nitrogens with two attached hydrogens (primary N) is 1. The Morgan fingerprint density at radius 1 is 1.03 bits per heavy atom. The molecule has 2 aromatic heterocycles. The Labute approximate surface area is 226 Å². The van der Waals surface area contributed by atoms with Crippen molar-refractivity contribution < 1.29 is 32.3 Å². The molecule has 0 saturated heterocycles. The first kappa shape index (κ1) is 29.2. The Balaban J connectivity index is 0.00000205.